The molecule has 1 aromatic carbocycles. The predicted molar refractivity (Wildman–Crippen MR) is 59.5 cm³/mol. The summed E-state index contributed by atoms with van der Waals surface area (Å²) in [4.78, 5) is 4.14. The summed E-state index contributed by atoms with van der Waals surface area (Å²) in [5, 5.41) is 0.276. The van der Waals surface area contributed by atoms with E-state index in [1.807, 2.05) is 30.3 Å². The van der Waals surface area contributed by atoms with Crippen LogP contribution in [-0.2, 0) is 0 Å². The molecule has 0 spiro atoms. The van der Waals surface area contributed by atoms with Crippen LogP contribution in [0.1, 0.15) is 0 Å². The Morgan fingerprint density at radius 1 is 1.29 bits per heavy atom. The summed E-state index contributed by atoms with van der Waals surface area (Å²) in [5.41, 5.74) is 1.56. The van der Waals surface area contributed by atoms with Crippen molar-refractivity contribution in [3.05, 3.63) is 35.6 Å². The lowest BCUT2D eigenvalue weighted by atomic mass is 10.2. The predicted octanol–water partition coefficient (Wildman–Crippen LogP) is 3.72. The van der Waals surface area contributed by atoms with E-state index in [4.69, 9.17) is 16.0 Å². The standard InChI is InChI=1S/C9H6BrClN2O/c10-13-9-12-7(8(11)14-9)6-4-2-1-3-5-6/h1-5H,(H,12,13). The Labute approximate surface area is 94.4 Å². The molecule has 2 aromatic rings. The fourth-order valence-electron chi connectivity index (χ4n) is 1.12. The van der Waals surface area contributed by atoms with Crippen molar-refractivity contribution in [2.24, 2.45) is 0 Å². The highest BCUT2D eigenvalue weighted by Gasteiger charge is 2.11. The van der Waals surface area contributed by atoms with Crippen LogP contribution >= 0.6 is 27.7 Å². The molecule has 0 radical (unpaired) electrons. The third-order valence-electron chi connectivity index (χ3n) is 1.71. The number of oxazole rings is 1. The first-order chi connectivity index (χ1) is 6.81. The fraction of sp³-hybridized carbons (Fsp3) is 0. The Hall–Kier alpha value is -1.00. The van der Waals surface area contributed by atoms with E-state index in [2.05, 4.69) is 25.5 Å². The van der Waals surface area contributed by atoms with Gasteiger partial charge in [-0.15, -0.1) is 0 Å². The lowest BCUT2D eigenvalue weighted by molar-refractivity contribution is 0.583. The second kappa shape index (κ2) is 4.02. The molecular formula is C9H6BrClN2O. The van der Waals surface area contributed by atoms with Crippen molar-refractivity contribution >= 4 is 33.8 Å². The second-order valence-corrected chi connectivity index (χ2v) is 3.34. The summed E-state index contributed by atoms with van der Waals surface area (Å²) in [5.74, 6) is 0. The number of benzene rings is 1. The molecule has 0 aliphatic rings. The van der Waals surface area contributed by atoms with Crippen molar-refractivity contribution in [3.8, 4) is 11.3 Å². The third-order valence-corrected chi connectivity index (χ3v) is 2.31. The fourth-order valence-corrected chi connectivity index (χ4v) is 1.51. The smallest absolute Gasteiger partial charge is 0.306 e. The number of hydrogen-bond acceptors (Lipinski definition) is 3. The number of hydrogen-bond donors (Lipinski definition) is 1. The van der Waals surface area contributed by atoms with Crippen LogP contribution in [0.4, 0.5) is 6.01 Å². The lowest BCUT2D eigenvalue weighted by Gasteiger charge is -1.93. The van der Waals surface area contributed by atoms with Crippen LogP contribution in [0.2, 0.25) is 5.22 Å². The molecule has 1 heterocycles. The van der Waals surface area contributed by atoms with E-state index in [0.29, 0.717) is 11.7 Å². The summed E-state index contributed by atoms with van der Waals surface area (Å²) in [6, 6.07) is 9.95. The number of nitrogens with one attached hydrogen (secondary N) is 1. The number of halogens is 2. The van der Waals surface area contributed by atoms with Crippen molar-refractivity contribution in [1.82, 2.24) is 4.98 Å². The Bertz CT molecular complexity index is 430. The summed E-state index contributed by atoms with van der Waals surface area (Å²) in [6.07, 6.45) is 0. The maximum absolute atomic E-state index is 5.87. The van der Waals surface area contributed by atoms with Gasteiger partial charge in [0, 0.05) is 5.56 Å². The molecule has 0 amide bonds. The quantitative estimate of drug-likeness (QED) is 0.848. The van der Waals surface area contributed by atoms with Gasteiger partial charge in [0.1, 0.15) is 5.69 Å². The first-order valence-corrected chi connectivity index (χ1v) is 5.07. The Morgan fingerprint density at radius 2 is 2.00 bits per heavy atom. The van der Waals surface area contributed by atoms with Gasteiger partial charge in [-0.1, -0.05) is 30.3 Å². The molecule has 14 heavy (non-hydrogen) atoms. The van der Waals surface area contributed by atoms with Crippen molar-refractivity contribution < 1.29 is 4.42 Å². The van der Waals surface area contributed by atoms with Gasteiger partial charge < -0.3 is 4.42 Å². The van der Waals surface area contributed by atoms with Crippen molar-refractivity contribution in [2.75, 3.05) is 4.34 Å². The van der Waals surface area contributed by atoms with Gasteiger partial charge >= 0.3 is 6.01 Å². The zero-order valence-electron chi connectivity index (χ0n) is 7.00. The van der Waals surface area contributed by atoms with Gasteiger partial charge in [-0.2, -0.15) is 4.98 Å². The maximum atomic E-state index is 5.87. The molecule has 1 N–H and O–H groups in total. The molecule has 1 aromatic heterocycles. The molecule has 0 aliphatic carbocycles. The van der Waals surface area contributed by atoms with Gasteiger partial charge in [0.15, 0.2) is 0 Å². The molecule has 3 nitrogen and oxygen atoms in total. The molecule has 0 atom stereocenters. The van der Waals surface area contributed by atoms with E-state index in [1.165, 1.54) is 0 Å². The summed E-state index contributed by atoms with van der Waals surface area (Å²) in [7, 11) is 0. The summed E-state index contributed by atoms with van der Waals surface area (Å²) < 4.78 is 7.72. The van der Waals surface area contributed by atoms with Crippen molar-refractivity contribution in [1.29, 1.82) is 0 Å². The van der Waals surface area contributed by atoms with Crippen LogP contribution in [0.5, 0.6) is 0 Å². The highest BCUT2D eigenvalue weighted by molar-refractivity contribution is 9.10. The van der Waals surface area contributed by atoms with Gasteiger partial charge in [0.05, 0.1) is 16.1 Å². The highest BCUT2D eigenvalue weighted by atomic mass is 79.9. The van der Waals surface area contributed by atoms with Gasteiger partial charge in [0.25, 0.3) is 0 Å². The Morgan fingerprint density at radius 3 is 2.57 bits per heavy atom. The maximum Gasteiger partial charge on any atom is 0.306 e. The topological polar surface area (TPSA) is 38.1 Å². The molecule has 2 rings (SSSR count). The molecular weight excluding hydrogens is 267 g/mol. The van der Waals surface area contributed by atoms with E-state index < -0.39 is 0 Å². The average molecular weight is 274 g/mol. The van der Waals surface area contributed by atoms with Gasteiger partial charge in [-0.25, -0.2) is 0 Å². The van der Waals surface area contributed by atoms with Crippen LogP contribution in [0.15, 0.2) is 34.7 Å². The first kappa shape index (κ1) is 9.55. The second-order valence-electron chi connectivity index (χ2n) is 2.60. The van der Waals surface area contributed by atoms with Crippen LogP contribution in [0, 0.1) is 0 Å². The number of nitrogens with zero attached hydrogens (tertiary/aromatic N) is 1. The lowest BCUT2D eigenvalue weighted by Crippen LogP contribution is -1.79. The van der Waals surface area contributed by atoms with Crippen LogP contribution in [0.25, 0.3) is 11.3 Å². The highest BCUT2D eigenvalue weighted by Crippen LogP contribution is 2.30. The van der Waals surface area contributed by atoms with E-state index in [-0.39, 0.29) is 5.22 Å². The molecule has 72 valence electrons. The SMILES string of the molecule is Clc1oc(NBr)nc1-c1ccccc1. The zero-order valence-corrected chi connectivity index (χ0v) is 9.34. The normalized spacial score (nSPS) is 10.1. The molecule has 0 saturated carbocycles. The largest absolute Gasteiger partial charge is 0.410 e. The molecule has 0 saturated heterocycles. The van der Waals surface area contributed by atoms with E-state index in [1.54, 1.807) is 0 Å². The summed E-state index contributed by atoms with van der Waals surface area (Å²) in [6.45, 7) is 0. The number of rotatable bonds is 2. The average Bonchev–Trinajstić information content (AvgIpc) is 2.61. The minimum absolute atomic E-state index is 0.276. The zero-order chi connectivity index (χ0) is 9.97. The molecule has 0 unspecified atom stereocenters. The summed E-state index contributed by atoms with van der Waals surface area (Å²) >= 11 is 8.88. The minimum Gasteiger partial charge on any atom is -0.410 e. The monoisotopic (exact) mass is 272 g/mol. The molecule has 5 heteroatoms. The van der Waals surface area contributed by atoms with Crippen LogP contribution in [-0.4, -0.2) is 4.98 Å². The number of aromatic nitrogens is 1. The Kier molecular flexibility index (Phi) is 2.74. The van der Waals surface area contributed by atoms with Gasteiger partial charge in [0.2, 0.25) is 5.22 Å². The minimum atomic E-state index is 0.276. The third kappa shape index (κ3) is 1.76. The van der Waals surface area contributed by atoms with Crippen LogP contribution < -0.4 is 4.34 Å². The van der Waals surface area contributed by atoms with E-state index >= 15 is 0 Å². The van der Waals surface area contributed by atoms with Gasteiger partial charge in [-0.3, -0.25) is 4.34 Å². The van der Waals surface area contributed by atoms with Crippen molar-refractivity contribution in [3.63, 3.8) is 0 Å². The van der Waals surface area contributed by atoms with E-state index in [0.717, 1.165) is 5.56 Å². The molecule has 0 fully saturated rings. The first-order valence-electron chi connectivity index (χ1n) is 3.89. The molecule has 0 bridgehead atoms. The Balaban J connectivity index is 2.46. The van der Waals surface area contributed by atoms with Crippen LogP contribution in [0.3, 0.4) is 0 Å². The van der Waals surface area contributed by atoms with Crippen molar-refractivity contribution in [2.45, 2.75) is 0 Å². The number of anilines is 1. The molecule has 0 aliphatic heterocycles. The van der Waals surface area contributed by atoms with E-state index in [9.17, 15) is 0 Å². The van der Waals surface area contributed by atoms with Gasteiger partial charge in [-0.05, 0) is 11.6 Å².